The van der Waals surface area contributed by atoms with Gasteiger partial charge >= 0.3 is 0 Å². The maximum absolute atomic E-state index is 5.85. The second-order valence-electron chi connectivity index (χ2n) is 4.46. The summed E-state index contributed by atoms with van der Waals surface area (Å²) in [5.74, 6) is 0.672. The summed E-state index contributed by atoms with van der Waals surface area (Å²) in [5, 5.41) is 0. The number of oxazole rings is 1. The zero-order chi connectivity index (χ0) is 12.7. The quantitative estimate of drug-likeness (QED) is 0.640. The summed E-state index contributed by atoms with van der Waals surface area (Å²) in [6, 6.07) is 12.1. The first kappa shape index (κ1) is 11.5. The Hall–Kier alpha value is -1.61. The summed E-state index contributed by atoms with van der Waals surface area (Å²) in [6.07, 6.45) is 0. The van der Waals surface area contributed by atoms with E-state index in [9.17, 15) is 0 Å². The van der Waals surface area contributed by atoms with Gasteiger partial charge in [-0.25, -0.2) is 4.98 Å². The molecule has 0 amide bonds. The molecule has 1 heterocycles. The Morgan fingerprint density at radius 1 is 1.06 bits per heavy atom. The molecule has 2 aromatic carbocycles. The van der Waals surface area contributed by atoms with Crippen molar-refractivity contribution in [2.24, 2.45) is 0 Å². The Bertz CT molecular complexity index is 713. The predicted molar refractivity (Wildman–Crippen MR) is 76.6 cm³/mol. The van der Waals surface area contributed by atoms with Crippen molar-refractivity contribution in [2.45, 2.75) is 13.8 Å². The van der Waals surface area contributed by atoms with Gasteiger partial charge in [0.25, 0.3) is 0 Å². The van der Waals surface area contributed by atoms with Crippen LogP contribution in [0.2, 0.25) is 0 Å². The van der Waals surface area contributed by atoms with Crippen LogP contribution in [0.5, 0.6) is 0 Å². The van der Waals surface area contributed by atoms with E-state index in [1.807, 2.05) is 37.3 Å². The molecule has 2 nitrogen and oxygen atoms in total. The van der Waals surface area contributed by atoms with E-state index in [0.717, 1.165) is 26.7 Å². The van der Waals surface area contributed by atoms with Crippen LogP contribution in [0.4, 0.5) is 0 Å². The average Bonchev–Trinajstić information content (AvgIpc) is 2.74. The molecule has 0 saturated heterocycles. The highest BCUT2D eigenvalue weighted by Gasteiger charge is 2.10. The third kappa shape index (κ3) is 1.95. The van der Waals surface area contributed by atoms with Crippen molar-refractivity contribution in [1.29, 1.82) is 0 Å². The van der Waals surface area contributed by atoms with Gasteiger partial charge in [-0.3, -0.25) is 0 Å². The van der Waals surface area contributed by atoms with Gasteiger partial charge in [0.2, 0.25) is 5.89 Å². The van der Waals surface area contributed by atoms with Crippen molar-refractivity contribution in [3.8, 4) is 11.5 Å². The summed E-state index contributed by atoms with van der Waals surface area (Å²) >= 11 is 3.42. The Kier molecular flexibility index (Phi) is 2.71. The van der Waals surface area contributed by atoms with Crippen molar-refractivity contribution in [3.05, 3.63) is 52.0 Å². The highest BCUT2D eigenvalue weighted by molar-refractivity contribution is 9.10. The normalized spacial score (nSPS) is 11.1. The van der Waals surface area contributed by atoms with E-state index in [2.05, 4.69) is 33.9 Å². The number of hydrogen-bond donors (Lipinski definition) is 0. The van der Waals surface area contributed by atoms with E-state index in [1.54, 1.807) is 0 Å². The maximum atomic E-state index is 5.85. The van der Waals surface area contributed by atoms with Gasteiger partial charge < -0.3 is 4.42 Å². The second kappa shape index (κ2) is 4.25. The number of halogens is 1. The lowest BCUT2D eigenvalue weighted by molar-refractivity contribution is 0.617. The molecule has 1 aromatic heterocycles. The van der Waals surface area contributed by atoms with Crippen molar-refractivity contribution < 1.29 is 4.42 Å². The molecule has 18 heavy (non-hydrogen) atoms. The van der Waals surface area contributed by atoms with E-state index < -0.39 is 0 Å². The molecule has 0 bridgehead atoms. The highest BCUT2D eigenvalue weighted by Crippen LogP contribution is 2.28. The standard InChI is InChI=1S/C15H12BrNO/c1-9-7-10(2)14-13(8-9)17-15(18-14)11-3-5-12(16)6-4-11/h3-8H,1-2H3. The van der Waals surface area contributed by atoms with Gasteiger partial charge in [-0.2, -0.15) is 0 Å². The Labute approximate surface area is 114 Å². The molecule has 0 spiro atoms. The van der Waals surface area contributed by atoms with E-state index in [4.69, 9.17) is 4.42 Å². The topological polar surface area (TPSA) is 26.0 Å². The van der Waals surface area contributed by atoms with Crippen molar-refractivity contribution in [1.82, 2.24) is 4.98 Å². The lowest BCUT2D eigenvalue weighted by Crippen LogP contribution is -1.78. The van der Waals surface area contributed by atoms with Crippen LogP contribution in [0.1, 0.15) is 11.1 Å². The lowest BCUT2D eigenvalue weighted by atomic mass is 10.1. The minimum Gasteiger partial charge on any atom is -0.436 e. The van der Waals surface area contributed by atoms with Crippen LogP contribution in [0, 0.1) is 13.8 Å². The smallest absolute Gasteiger partial charge is 0.227 e. The molecule has 90 valence electrons. The molecule has 3 heteroatoms. The molecule has 0 aliphatic carbocycles. The minimum atomic E-state index is 0.672. The number of aromatic nitrogens is 1. The van der Waals surface area contributed by atoms with Crippen molar-refractivity contribution >= 4 is 27.0 Å². The maximum Gasteiger partial charge on any atom is 0.227 e. The fourth-order valence-electron chi connectivity index (χ4n) is 2.09. The summed E-state index contributed by atoms with van der Waals surface area (Å²) in [7, 11) is 0. The second-order valence-corrected chi connectivity index (χ2v) is 5.37. The van der Waals surface area contributed by atoms with Crippen LogP contribution in [0.3, 0.4) is 0 Å². The van der Waals surface area contributed by atoms with E-state index in [0.29, 0.717) is 5.89 Å². The SMILES string of the molecule is Cc1cc(C)c2oc(-c3ccc(Br)cc3)nc2c1. The number of hydrogen-bond acceptors (Lipinski definition) is 2. The zero-order valence-corrected chi connectivity index (χ0v) is 11.8. The Morgan fingerprint density at radius 2 is 1.78 bits per heavy atom. The molecule has 3 rings (SSSR count). The molecule has 3 aromatic rings. The lowest BCUT2D eigenvalue weighted by Gasteiger charge is -1.95. The molecular formula is C15H12BrNO. The third-order valence-electron chi connectivity index (χ3n) is 2.91. The Morgan fingerprint density at radius 3 is 2.50 bits per heavy atom. The van der Waals surface area contributed by atoms with Gasteiger partial charge in [0.05, 0.1) is 0 Å². The van der Waals surface area contributed by atoms with Crippen LogP contribution in [-0.4, -0.2) is 4.98 Å². The summed E-state index contributed by atoms with van der Waals surface area (Å²) in [5.41, 5.74) is 5.12. The third-order valence-corrected chi connectivity index (χ3v) is 3.44. The van der Waals surface area contributed by atoms with Crippen molar-refractivity contribution in [2.75, 3.05) is 0 Å². The Balaban J connectivity index is 2.19. The van der Waals surface area contributed by atoms with Crippen LogP contribution < -0.4 is 0 Å². The van der Waals surface area contributed by atoms with Gasteiger partial charge in [-0.1, -0.05) is 22.0 Å². The largest absolute Gasteiger partial charge is 0.436 e. The van der Waals surface area contributed by atoms with Gasteiger partial charge in [0.15, 0.2) is 5.58 Å². The molecule has 0 N–H and O–H groups in total. The van der Waals surface area contributed by atoms with E-state index >= 15 is 0 Å². The molecule has 0 aliphatic heterocycles. The van der Waals surface area contributed by atoms with E-state index in [1.165, 1.54) is 5.56 Å². The fraction of sp³-hybridized carbons (Fsp3) is 0.133. The van der Waals surface area contributed by atoms with Crippen LogP contribution >= 0.6 is 15.9 Å². The van der Waals surface area contributed by atoms with Gasteiger partial charge in [-0.05, 0) is 55.3 Å². The molecule has 0 fully saturated rings. The number of benzene rings is 2. The summed E-state index contributed by atoms with van der Waals surface area (Å²) in [6.45, 7) is 4.12. The molecule has 0 aliphatic rings. The predicted octanol–water partition coefficient (Wildman–Crippen LogP) is 4.87. The van der Waals surface area contributed by atoms with Crippen LogP contribution in [0.15, 0.2) is 45.3 Å². The first-order chi connectivity index (χ1) is 8.63. The van der Waals surface area contributed by atoms with Crippen molar-refractivity contribution in [3.63, 3.8) is 0 Å². The molecule has 0 atom stereocenters. The number of fused-ring (bicyclic) bond motifs is 1. The molecule has 0 unspecified atom stereocenters. The van der Waals surface area contributed by atoms with Crippen LogP contribution in [0.25, 0.3) is 22.6 Å². The van der Waals surface area contributed by atoms with Gasteiger partial charge in [-0.15, -0.1) is 0 Å². The minimum absolute atomic E-state index is 0.672. The van der Waals surface area contributed by atoms with Gasteiger partial charge in [0.1, 0.15) is 5.52 Å². The number of rotatable bonds is 1. The van der Waals surface area contributed by atoms with E-state index in [-0.39, 0.29) is 0 Å². The van der Waals surface area contributed by atoms with Crippen LogP contribution in [-0.2, 0) is 0 Å². The van der Waals surface area contributed by atoms with Gasteiger partial charge in [0, 0.05) is 10.0 Å². The first-order valence-electron chi connectivity index (χ1n) is 5.77. The monoisotopic (exact) mass is 301 g/mol. The molecule has 0 saturated carbocycles. The molecular weight excluding hydrogens is 290 g/mol. The first-order valence-corrected chi connectivity index (χ1v) is 6.56. The summed E-state index contributed by atoms with van der Waals surface area (Å²) < 4.78 is 6.90. The number of nitrogens with zero attached hydrogens (tertiary/aromatic N) is 1. The summed E-state index contributed by atoms with van der Waals surface area (Å²) in [4.78, 5) is 4.55. The highest BCUT2D eigenvalue weighted by atomic mass is 79.9. The number of aryl methyl sites for hydroxylation is 2. The molecule has 0 radical (unpaired) electrons. The zero-order valence-electron chi connectivity index (χ0n) is 10.2. The fourth-order valence-corrected chi connectivity index (χ4v) is 2.36. The average molecular weight is 302 g/mol.